The number of hydrogen-bond acceptors (Lipinski definition) is 6. The summed E-state index contributed by atoms with van der Waals surface area (Å²) in [7, 11) is -0.479. The molecule has 2 amide bonds. The largest absolute Gasteiger partial charge is 0.494 e. The van der Waals surface area contributed by atoms with E-state index in [-0.39, 0.29) is 18.0 Å². The summed E-state index contributed by atoms with van der Waals surface area (Å²) >= 11 is 0. The maximum absolute atomic E-state index is 14.5. The Bertz CT molecular complexity index is 1200. The van der Waals surface area contributed by atoms with E-state index in [4.69, 9.17) is 14.0 Å². The molecule has 1 aromatic carbocycles. The van der Waals surface area contributed by atoms with Gasteiger partial charge in [-0.3, -0.25) is 9.69 Å². The molecule has 0 bridgehead atoms. The normalized spacial score (nSPS) is 30.6. The van der Waals surface area contributed by atoms with Crippen molar-refractivity contribution in [1.29, 1.82) is 0 Å². The van der Waals surface area contributed by atoms with E-state index in [1.807, 2.05) is 20.8 Å². The zero-order chi connectivity index (χ0) is 29.5. The van der Waals surface area contributed by atoms with Crippen LogP contribution in [0.2, 0.25) is 0 Å². The predicted octanol–water partition coefficient (Wildman–Crippen LogP) is 4.47. The highest BCUT2D eigenvalue weighted by Crippen LogP contribution is 2.51. The summed E-state index contributed by atoms with van der Waals surface area (Å²) in [5.41, 5.74) is 1.02. The second-order valence-electron chi connectivity index (χ2n) is 15.3. The van der Waals surface area contributed by atoms with Crippen LogP contribution in [0.3, 0.4) is 0 Å². The number of hydrogen-bond donors (Lipinski definition) is 0. The monoisotopic (exact) mass is 565 g/mol. The zero-order valence-electron chi connectivity index (χ0n) is 26.3. The van der Waals surface area contributed by atoms with Crippen LogP contribution < -0.4 is 10.4 Å². The Morgan fingerprint density at radius 3 is 2.20 bits per heavy atom. The van der Waals surface area contributed by atoms with E-state index in [0.29, 0.717) is 32.0 Å². The Morgan fingerprint density at radius 2 is 1.63 bits per heavy atom. The first-order valence-corrected chi connectivity index (χ1v) is 15.7. The number of piperidine rings is 1. The number of nitrogens with zero attached hydrogens (tertiary/aromatic N) is 3. The molecule has 1 saturated carbocycles. The van der Waals surface area contributed by atoms with Crippen molar-refractivity contribution in [2.45, 2.75) is 122 Å². The van der Waals surface area contributed by atoms with Crippen molar-refractivity contribution in [2.24, 2.45) is 5.92 Å². The lowest BCUT2D eigenvalue weighted by molar-refractivity contribution is -0.126. The standard InChI is InChI=1S/C32H48BN3O5/c1-21-11-14-35(20-21)23-18-24(19-23)36-26-17-22(33-40-30(5,6)31(7,8)41-33)9-10-25(26)32(27(36)37)12-15-34(16-13-32)28(38)39-29(2,3)4/h9-10,17,21,23-24H,11-16,18-20H2,1-8H3/t21-,23-,24+/m1/s1. The average molecular weight is 566 g/mol. The molecule has 41 heavy (non-hydrogen) atoms. The first-order valence-electron chi connectivity index (χ1n) is 15.7. The number of anilines is 1. The van der Waals surface area contributed by atoms with E-state index in [9.17, 15) is 9.59 Å². The first kappa shape index (κ1) is 29.0. The molecule has 224 valence electrons. The molecular weight excluding hydrogens is 517 g/mol. The zero-order valence-corrected chi connectivity index (χ0v) is 26.3. The third-order valence-corrected chi connectivity index (χ3v) is 10.6. The molecule has 4 aliphatic heterocycles. The fourth-order valence-electron chi connectivity index (χ4n) is 7.35. The van der Waals surface area contributed by atoms with Crippen molar-refractivity contribution in [3.63, 3.8) is 0 Å². The minimum absolute atomic E-state index is 0.193. The van der Waals surface area contributed by atoms with Gasteiger partial charge in [-0.1, -0.05) is 19.1 Å². The van der Waals surface area contributed by atoms with Gasteiger partial charge in [0.25, 0.3) is 0 Å². The second-order valence-corrected chi connectivity index (χ2v) is 15.3. The van der Waals surface area contributed by atoms with Gasteiger partial charge in [-0.05, 0) is 110 Å². The van der Waals surface area contributed by atoms with E-state index in [2.05, 4.69) is 62.6 Å². The van der Waals surface area contributed by atoms with Crippen molar-refractivity contribution >= 4 is 30.3 Å². The summed E-state index contributed by atoms with van der Waals surface area (Å²) in [4.78, 5) is 33.8. The molecule has 1 aromatic rings. The van der Waals surface area contributed by atoms with Crippen LogP contribution in [0.4, 0.5) is 10.5 Å². The van der Waals surface area contributed by atoms with Gasteiger partial charge in [0.05, 0.1) is 16.6 Å². The summed E-state index contributed by atoms with van der Waals surface area (Å²) in [6, 6.07) is 7.11. The summed E-state index contributed by atoms with van der Waals surface area (Å²) in [5, 5.41) is 0. The molecule has 0 unspecified atom stereocenters. The van der Waals surface area contributed by atoms with Gasteiger partial charge in [0, 0.05) is 37.4 Å². The fraction of sp³-hybridized carbons (Fsp3) is 0.750. The summed E-state index contributed by atoms with van der Waals surface area (Å²) in [6.45, 7) is 19.6. The number of rotatable bonds is 3. The van der Waals surface area contributed by atoms with Crippen molar-refractivity contribution < 1.29 is 23.6 Å². The van der Waals surface area contributed by atoms with Crippen molar-refractivity contribution in [3.05, 3.63) is 23.8 Å². The molecule has 6 rings (SSSR count). The highest BCUT2D eigenvalue weighted by Gasteiger charge is 2.57. The topological polar surface area (TPSA) is 71.6 Å². The number of carbonyl (C=O) groups excluding carboxylic acids is 2. The Hall–Kier alpha value is -2.10. The van der Waals surface area contributed by atoms with Crippen LogP contribution in [0.25, 0.3) is 0 Å². The predicted molar refractivity (Wildman–Crippen MR) is 161 cm³/mol. The van der Waals surface area contributed by atoms with E-state index in [1.54, 1.807) is 4.90 Å². The molecule has 0 radical (unpaired) electrons. The highest BCUT2D eigenvalue weighted by molar-refractivity contribution is 6.62. The third kappa shape index (κ3) is 4.90. The van der Waals surface area contributed by atoms with Gasteiger partial charge in [0.15, 0.2) is 0 Å². The summed E-state index contributed by atoms with van der Waals surface area (Å²) in [5.74, 6) is 0.949. The molecule has 0 aromatic heterocycles. The number of ether oxygens (including phenoxy) is 1. The highest BCUT2D eigenvalue weighted by atomic mass is 16.7. The lowest BCUT2D eigenvalue weighted by atomic mass is 9.71. The van der Waals surface area contributed by atoms with E-state index in [1.165, 1.54) is 19.5 Å². The maximum Gasteiger partial charge on any atom is 0.494 e. The second kappa shape index (κ2) is 9.71. The van der Waals surface area contributed by atoms with Gasteiger partial charge in [-0.25, -0.2) is 4.79 Å². The smallest absolute Gasteiger partial charge is 0.444 e. The van der Waals surface area contributed by atoms with Crippen LogP contribution in [0.1, 0.15) is 93.1 Å². The first-order chi connectivity index (χ1) is 19.1. The SMILES string of the molecule is C[C@@H]1CCN([C@H]2C[C@@H](N3C(=O)C4(CCN(C(=O)OC(C)(C)C)CC4)c4ccc(B5OC(C)(C)C(C)(C)O5)cc43)C2)C1. The van der Waals surface area contributed by atoms with Crippen LogP contribution in [-0.4, -0.2) is 84.0 Å². The summed E-state index contributed by atoms with van der Waals surface area (Å²) < 4.78 is 18.4. The molecule has 5 aliphatic rings. The maximum atomic E-state index is 14.5. The molecule has 1 atom stereocenters. The number of fused-ring (bicyclic) bond motifs is 2. The van der Waals surface area contributed by atoms with Crippen molar-refractivity contribution in [1.82, 2.24) is 9.80 Å². The Labute approximate surface area is 246 Å². The van der Waals surface area contributed by atoms with Crippen LogP contribution >= 0.6 is 0 Å². The molecule has 1 spiro atoms. The molecule has 9 heteroatoms. The third-order valence-electron chi connectivity index (χ3n) is 10.6. The number of carbonyl (C=O) groups is 2. The molecule has 4 fully saturated rings. The Kier molecular flexibility index (Phi) is 6.87. The molecule has 3 saturated heterocycles. The molecule has 0 N–H and O–H groups in total. The van der Waals surface area contributed by atoms with E-state index in [0.717, 1.165) is 35.5 Å². The Morgan fingerprint density at radius 1 is 1.00 bits per heavy atom. The fourth-order valence-corrected chi connectivity index (χ4v) is 7.35. The van der Waals surface area contributed by atoms with Gasteiger partial charge >= 0.3 is 13.2 Å². The van der Waals surface area contributed by atoms with Crippen molar-refractivity contribution in [2.75, 3.05) is 31.1 Å². The lowest BCUT2D eigenvalue weighted by Gasteiger charge is -2.46. The van der Waals surface area contributed by atoms with Crippen LogP contribution in [0, 0.1) is 5.92 Å². The van der Waals surface area contributed by atoms with Gasteiger partial charge in [0.1, 0.15) is 5.60 Å². The van der Waals surface area contributed by atoms with E-state index >= 15 is 0 Å². The summed E-state index contributed by atoms with van der Waals surface area (Å²) in [6.07, 6.45) is 4.19. The van der Waals surface area contributed by atoms with Crippen LogP contribution in [-0.2, 0) is 24.3 Å². The van der Waals surface area contributed by atoms with Gasteiger partial charge in [-0.2, -0.15) is 0 Å². The number of likely N-dealkylation sites (tertiary alicyclic amines) is 2. The van der Waals surface area contributed by atoms with Gasteiger partial charge < -0.3 is 23.8 Å². The van der Waals surface area contributed by atoms with E-state index < -0.39 is 29.3 Å². The average Bonchev–Trinajstić information content (AvgIpc) is 3.44. The molecule has 1 aliphatic carbocycles. The van der Waals surface area contributed by atoms with Crippen molar-refractivity contribution in [3.8, 4) is 0 Å². The minimum atomic E-state index is -0.616. The van der Waals surface area contributed by atoms with Gasteiger partial charge in [0.2, 0.25) is 5.91 Å². The lowest BCUT2D eigenvalue weighted by Crippen LogP contribution is -2.57. The molecular formula is C32H48BN3O5. The van der Waals surface area contributed by atoms with Crippen LogP contribution in [0.15, 0.2) is 18.2 Å². The minimum Gasteiger partial charge on any atom is -0.444 e. The number of benzene rings is 1. The number of amides is 2. The van der Waals surface area contributed by atoms with Gasteiger partial charge in [-0.15, -0.1) is 0 Å². The molecule has 8 nitrogen and oxygen atoms in total. The van der Waals surface area contributed by atoms with Crippen LogP contribution in [0.5, 0.6) is 0 Å². The Balaban J connectivity index is 1.28. The quantitative estimate of drug-likeness (QED) is 0.504. The molecule has 4 heterocycles.